The molecular formula is C14H19NO2. The smallest absolute Gasteiger partial charge is 0.221 e. The Morgan fingerprint density at radius 1 is 1.41 bits per heavy atom. The predicted molar refractivity (Wildman–Crippen MR) is 70.2 cm³/mol. The molecule has 1 atom stereocenters. The third kappa shape index (κ3) is 3.94. The molecule has 0 aliphatic carbocycles. The zero-order chi connectivity index (χ0) is 12.8. The average Bonchev–Trinajstić information content (AvgIpc) is 2.26. The van der Waals surface area contributed by atoms with Gasteiger partial charge in [0.25, 0.3) is 0 Å². The number of amides is 1. The number of ether oxygens (including phenoxy) is 1. The van der Waals surface area contributed by atoms with E-state index in [4.69, 9.17) is 4.74 Å². The summed E-state index contributed by atoms with van der Waals surface area (Å²) in [6, 6.07) is 7.39. The number of carbonyl (C=O) groups is 1. The number of hydrogen-bond acceptors (Lipinski definition) is 2. The molecule has 0 aliphatic heterocycles. The van der Waals surface area contributed by atoms with E-state index >= 15 is 0 Å². The molecule has 0 aromatic heterocycles. The van der Waals surface area contributed by atoms with Gasteiger partial charge in [0, 0.05) is 6.92 Å². The second-order valence-corrected chi connectivity index (χ2v) is 4.24. The summed E-state index contributed by atoms with van der Waals surface area (Å²) in [5.74, 6) is 0.889. The monoisotopic (exact) mass is 233 g/mol. The molecule has 0 aliphatic rings. The van der Waals surface area contributed by atoms with Gasteiger partial charge >= 0.3 is 0 Å². The van der Waals surface area contributed by atoms with Crippen LogP contribution in [0.25, 0.3) is 0 Å². The number of para-hydroxylation sites is 2. The second-order valence-electron chi connectivity index (χ2n) is 4.24. The van der Waals surface area contributed by atoms with Crippen LogP contribution in [-0.2, 0) is 4.79 Å². The molecule has 0 fully saturated rings. The molecule has 1 N–H and O–H groups in total. The van der Waals surface area contributed by atoms with E-state index in [1.165, 1.54) is 6.92 Å². The molecule has 1 rings (SSSR count). The van der Waals surface area contributed by atoms with Crippen molar-refractivity contribution in [3.63, 3.8) is 0 Å². The number of carbonyl (C=O) groups excluding carboxylic acids is 1. The zero-order valence-corrected chi connectivity index (χ0v) is 10.6. The summed E-state index contributed by atoms with van der Waals surface area (Å²) in [6.07, 6.45) is 1.71. The van der Waals surface area contributed by atoms with E-state index in [1.54, 1.807) is 6.08 Å². The molecule has 3 heteroatoms. The van der Waals surface area contributed by atoms with E-state index in [1.807, 2.05) is 24.3 Å². The lowest BCUT2D eigenvalue weighted by Gasteiger charge is -2.20. The Morgan fingerprint density at radius 3 is 2.59 bits per heavy atom. The molecule has 0 saturated carbocycles. The van der Waals surface area contributed by atoms with Gasteiger partial charge in [0.05, 0.1) is 5.69 Å². The maximum absolute atomic E-state index is 11.1. The Labute approximate surface area is 102 Å². The first-order valence-corrected chi connectivity index (χ1v) is 5.70. The lowest BCUT2D eigenvalue weighted by molar-refractivity contribution is -0.114. The third-order valence-corrected chi connectivity index (χ3v) is 2.35. The normalized spacial score (nSPS) is 12.0. The maximum atomic E-state index is 11.1. The van der Waals surface area contributed by atoms with Crippen molar-refractivity contribution in [3.8, 4) is 5.75 Å². The van der Waals surface area contributed by atoms with Gasteiger partial charge in [-0.3, -0.25) is 4.79 Å². The van der Waals surface area contributed by atoms with Gasteiger partial charge in [0.1, 0.15) is 11.9 Å². The van der Waals surface area contributed by atoms with E-state index < -0.39 is 0 Å². The summed E-state index contributed by atoms with van der Waals surface area (Å²) in [5, 5.41) is 2.74. The van der Waals surface area contributed by atoms with Gasteiger partial charge in [-0.2, -0.15) is 0 Å². The SMILES string of the molecule is C=CC(Oc1ccccc1NC(C)=O)C(C)C. The fourth-order valence-corrected chi connectivity index (χ4v) is 1.47. The van der Waals surface area contributed by atoms with Crippen molar-refractivity contribution in [2.45, 2.75) is 26.9 Å². The Kier molecular flexibility index (Phi) is 4.76. The minimum Gasteiger partial charge on any atom is -0.484 e. The average molecular weight is 233 g/mol. The van der Waals surface area contributed by atoms with Gasteiger partial charge in [-0.05, 0) is 18.1 Å². The maximum Gasteiger partial charge on any atom is 0.221 e. The van der Waals surface area contributed by atoms with Crippen LogP contribution in [0.2, 0.25) is 0 Å². The highest BCUT2D eigenvalue weighted by atomic mass is 16.5. The minimum absolute atomic E-state index is 0.0649. The molecule has 0 heterocycles. The fourth-order valence-electron chi connectivity index (χ4n) is 1.47. The van der Waals surface area contributed by atoms with E-state index in [-0.39, 0.29) is 12.0 Å². The Bertz CT molecular complexity index is 399. The number of nitrogens with one attached hydrogen (secondary N) is 1. The van der Waals surface area contributed by atoms with Crippen LogP contribution in [0.4, 0.5) is 5.69 Å². The van der Waals surface area contributed by atoms with Crippen molar-refractivity contribution in [3.05, 3.63) is 36.9 Å². The molecule has 1 amide bonds. The quantitative estimate of drug-likeness (QED) is 0.793. The van der Waals surface area contributed by atoms with Crippen LogP contribution in [0, 0.1) is 5.92 Å². The van der Waals surface area contributed by atoms with Crippen LogP contribution in [-0.4, -0.2) is 12.0 Å². The summed E-state index contributed by atoms with van der Waals surface area (Å²) in [5.41, 5.74) is 0.688. The first-order chi connectivity index (χ1) is 8.04. The molecule has 0 saturated heterocycles. The van der Waals surface area contributed by atoms with Crippen molar-refractivity contribution >= 4 is 11.6 Å². The lowest BCUT2D eigenvalue weighted by Crippen LogP contribution is -2.21. The number of rotatable bonds is 5. The van der Waals surface area contributed by atoms with Gasteiger partial charge in [-0.15, -0.1) is 0 Å². The minimum atomic E-state index is -0.110. The summed E-state index contributed by atoms with van der Waals surface area (Å²) in [6.45, 7) is 9.36. The van der Waals surface area contributed by atoms with Gasteiger partial charge in [0.2, 0.25) is 5.91 Å². The standard InChI is InChI=1S/C14H19NO2/c1-5-13(10(2)3)17-14-9-7-6-8-12(14)15-11(4)16/h5-10,13H,1H2,2-4H3,(H,15,16). The van der Waals surface area contributed by atoms with Crippen molar-refractivity contribution in [1.82, 2.24) is 0 Å². The van der Waals surface area contributed by atoms with Gasteiger partial charge in [-0.25, -0.2) is 0 Å². The molecule has 1 unspecified atom stereocenters. The Balaban J connectivity index is 2.89. The highest BCUT2D eigenvalue weighted by Crippen LogP contribution is 2.26. The molecule has 0 radical (unpaired) electrons. The lowest BCUT2D eigenvalue weighted by atomic mass is 10.1. The molecule has 0 spiro atoms. The predicted octanol–water partition coefficient (Wildman–Crippen LogP) is 3.23. The summed E-state index contributed by atoms with van der Waals surface area (Å²) < 4.78 is 5.82. The Morgan fingerprint density at radius 2 is 2.06 bits per heavy atom. The van der Waals surface area contributed by atoms with Crippen LogP contribution in [0.1, 0.15) is 20.8 Å². The van der Waals surface area contributed by atoms with Crippen LogP contribution in [0.3, 0.4) is 0 Å². The number of benzene rings is 1. The molecule has 1 aromatic carbocycles. The van der Waals surface area contributed by atoms with Gasteiger partial charge in [0.15, 0.2) is 0 Å². The first-order valence-electron chi connectivity index (χ1n) is 5.70. The molecule has 1 aromatic rings. The fraction of sp³-hybridized carbons (Fsp3) is 0.357. The van der Waals surface area contributed by atoms with Crippen LogP contribution >= 0.6 is 0 Å². The second kappa shape index (κ2) is 6.09. The van der Waals surface area contributed by atoms with E-state index in [0.29, 0.717) is 17.4 Å². The van der Waals surface area contributed by atoms with Crippen LogP contribution in [0.5, 0.6) is 5.75 Å². The molecular weight excluding hydrogens is 214 g/mol. The van der Waals surface area contributed by atoms with Crippen molar-refractivity contribution in [2.24, 2.45) is 5.92 Å². The largest absolute Gasteiger partial charge is 0.484 e. The van der Waals surface area contributed by atoms with E-state index in [0.717, 1.165) is 0 Å². The summed E-state index contributed by atoms with van der Waals surface area (Å²) in [4.78, 5) is 11.1. The van der Waals surface area contributed by atoms with E-state index in [2.05, 4.69) is 25.7 Å². The van der Waals surface area contributed by atoms with Crippen molar-refractivity contribution < 1.29 is 9.53 Å². The molecule has 17 heavy (non-hydrogen) atoms. The van der Waals surface area contributed by atoms with Crippen LogP contribution < -0.4 is 10.1 Å². The van der Waals surface area contributed by atoms with Crippen molar-refractivity contribution in [2.75, 3.05) is 5.32 Å². The highest BCUT2D eigenvalue weighted by Gasteiger charge is 2.13. The number of anilines is 1. The van der Waals surface area contributed by atoms with Crippen LogP contribution in [0.15, 0.2) is 36.9 Å². The number of hydrogen-bond donors (Lipinski definition) is 1. The summed E-state index contributed by atoms with van der Waals surface area (Å²) >= 11 is 0. The molecule has 92 valence electrons. The third-order valence-electron chi connectivity index (χ3n) is 2.35. The van der Waals surface area contributed by atoms with Gasteiger partial charge < -0.3 is 10.1 Å². The van der Waals surface area contributed by atoms with Crippen molar-refractivity contribution in [1.29, 1.82) is 0 Å². The summed E-state index contributed by atoms with van der Waals surface area (Å²) in [7, 11) is 0. The van der Waals surface area contributed by atoms with Gasteiger partial charge in [-0.1, -0.05) is 38.6 Å². The zero-order valence-electron chi connectivity index (χ0n) is 10.6. The molecule has 0 bridgehead atoms. The Hall–Kier alpha value is -1.77. The first kappa shape index (κ1) is 13.3. The molecule has 3 nitrogen and oxygen atoms in total. The topological polar surface area (TPSA) is 38.3 Å². The van der Waals surface area contributed by atoms with E-state index in [9.17, 15) is 4.79 Å². The highest BCUT2D eigenvalue weighted by molar-refractivity contribution is 5.90.